The zero-order valence-corrected chi connectivity index (χ0v) is 12.3. The molecule has 2 atom stereocenters. The molecule has 1 fully saturated rings. The second-order valence-electron chi connectivity index (χ2n) is 5.22. The number of rotatable bonds is 3. The number of nitrogens with zero attached hydrogens (tertiary/aromatic N) is 1. The molecule has 0 spiro atoms. The summed E-state index contributed by atoms with van der Waals surface area (Å²) in [5, 5.41) is 4.02. The fourth-order valence-corrected chi connectivity index (χ4v) is 2.63. The van der Waals surface area contributed by atoms with Gasteiger partial charge >= 0.3 is 0 Å². The Morgan fingerprint density at radius 1 is 1.42 bits per heavy atom. The Bertz CT molecular complexity index is 426. The zero-order chi connectivity index (χ0) is 13.8. The number of halogens is 1. The molecule has 1 aliphatic heterocycles. The fourth-order valence-electron chi connectivity index (χ4n) is 2.51. The average molecular weight is 281 g/mol. The highest BCUT2D eigenvalue weighted by Gasteiger charge is 2.26. The van der Waals surface area contributed by atoms with Crippen molar-refractivity contribution in [3.8, 4) is 0 Å². The monoisotopic (exact) mass is 280 g/mol. The smallest absolute Gasteiger partial charge is 0.227 e. The SMILES string of the molecule is CC(c1ccc(Cl)cc1)N(C)C(=O)[C@@H]1CCCNC1. The zero-order valence-electron chi connectivity index (χ0n) is 11.5. The number of nitrogens with one attached hydrogen (secondary N) is 1. The second-order valence-corrected chi connectivity index (χ2v) is 5.66. The predicted molar refractivity (Wildman–Crippen MR) is 78.2 cm³/mol. The summed E-state index contributed by atoms with van der Waals surface area (Å²) in [4.78, 5) is 14.3. The molecule has 1 aromatic rings. The number of amides is 1. The summed E-state index contributed by atoms with van der Waals surface area (Å²) < 4.78 is 0. The molecule has 19 heavy (non-hydrogen) atoms. The van der Waals surface area contributed by atoms with Crippen LogP contribution < -0.4 is 5.32 Å². The van der Waals surface area contributed by atoms with E-state index in [-0.39, 0.29) is 17.9 Å². The number of piperidine rings is 1. The summed E-state index contributed by atoms with van der Waals surface area (Å²) in [5.74, 6) is 0.350. The van der Waals surface area contributed by atoms with Gasteiger partial charge in [-0.1, -0.05) is 23.7 Å². The molecule has 0 aliphatic carbocycles. The van der Waals surface area contributed by atoms with Gasteiger partial charge in [0, 0.05) is 18.6 Å². The molecule has 1 unspecified atom stereocenters. The third-order valence-corrected chi connectivity index (χ3v) is 4.18. The minimum absolute atomic E-state index is 0.0756. The summed E-state index contributed by atoms with van der Waals surface area (Å²) in [6.45, 7) is 3.88. The van der Waals surface area contributed by atoms with Gasteiger partial charge in [0.2, 0.25) is 5.91 Å². The van der Waals surface area contributed by atoms with E-state index in [9.17, 15) is 4.79 Å². The maximum absolute atomic E-state index is 12.4. The Hall–Kier alpha value is -1.06. The van der Waals surface area contributed by atoms with Gasteiger partial charge in [0.15, 0.2) is 0 Å². The molecule has 4 heteroatoms. The highest BCUT2D eigenvalue weighted by Crippen LogP contribution is 2.23. The van der Waals surface area contributed by atoms with Crippen molar-refractivity contribution in [2.45, 2.75) is 25.8 Å². The number of carbonyl (C=O) groups is 1. The van der Waals surface area contributed by atoms with Crippen LogP contribution in [0.1, 0.15) is 31.4 Å². The van der Waals surface area contributed by atoms with Gasteiger partial charge in [-0.3, -0.25) is 4.79 Å². The van der Waals surface area contributed by atoms with Crippen molar-refractivity contribution in [3.63, 3.8) is 0 Å². The van der Waals surface area contributed by atoms with Crippen LogP contribution in [0.15, 0.2) is 24.3 Å². The standard InChI is InChI=1S/C15H21ClN2O/c1-11(12-5-7-14(16)8-6-12)18(2)15(19)13-4-3-9-17-10-13/h5-8,11,13,17H,3-4,9-10H2,1-2H3/t11?,13-/m1/s1. The van der Waals surface area contributed by atoms with E-state index in [0.29, 0.717) is 0 Å². The maximum Gasteiger partial charge on any atom is 0.227 e. The molecule has 1 N–H and O–H groups in total. The first kappa shape index (κ1) is 14.4. The fraction of sp³-hybridized carbons (Fsp3) is 0.533. The van der Waals surface area contributed by atoms with Gasteiger partial charge in [-0.2, -0.15) is 0 Å². The van der Waals surface area contributed by atoms with E-state index in [2.05, 4.69) is 12.2 Å². The van der Waals surface area contributed by atoms with E-state index in [0.717, 1.165) is 36.5 Å². The molecule has 0 saturated carbocycles. The third-order valence-electron chi connectivity index (χ3n) is 3.93. The molecule has 1 aromatic carbocycles. The molecule has 0 radical (unpaired) electrons. The molecular weight excluding hydrogens is 260 g/mol. The molecular formula is C15H21ClN2O. The first-order chi connectivity index (χ1) is 9.09. The van der Waals surface area contributed by atoms with Crippen LogP contribution in [0.5, 0.6) is 0 Å². The van der Waals surface area contributed by atoms with Crippen LogP contribution in [0.2, 0.25) is 5.02 Å². The first-order valence-electron chi connectivity index (χ1n) is 6.82. The molecule has 1 saturated heterocycles. The number of hydrogen-bond donors (Lipinski definition) is 1. The lowest BCUT2D eigenvalue weighted by Gasteiger charge is -2.31. The predicted octanol–water partition coefficient (Wildman–Crippen LogP) is 2.86. The van der Waals surface area contributed by atoms with Crippen LogP contribution in [0.25, 0.3) is 0 Å². The van der Waals surface area contributed by atoms with Crippen molar-refractivity contribution >= 4 is 17.5 Å². The molecule has 1 heterocycles. The summed E-state index contributed by atoms with van der Waals surface area (Å²) in [6, 6.07) is 7.78. The lowest BCUT2D eigenvalue weighted by molar-refractivity contribution is -0.136. The van der Waals surface area contributed by atoms with Crippen LogP contribution in [0.4, 0.5) is 0 Å². The Labute approximate surface area is 119 Å². The van der Waals surface area contributed by atoms with Gasteiger partial charge in [-0.25, -0.2) is 0 Å². The quantitative estimate of drug-likeness (QED) is 0.923. The highest BCUT2D eigenvalue weighted by atomic mass is 35.5. The van der Waals surface area contributed by atoms with Crippen LogP contribution in [0.3, 0.4) is 0 Å². The van der Waals surface area contributed by atoms with E-state index in [4.69, 9.17) is 11.6 Å². The molecule has 1 aliphatic rings. The van der Waals surface area contributed by atoms with Crippen LogP contribution >= 0.6 is 11.6 Å². The van der Waals surface area contributed by atoms with E-state index in [1.807, 2.05) is 36.2 Å². The molecule has 0 aromatic heterocycles. The second kappa shape index (κ2) is 6.40. The Kier molecular flexibility index (Phi) is 4.83. The summed E-state index contributed by atoms with van der Waals surface area (Å²) in [7, 11) is 1.89. The van der Waals surface area contributed by atoms with Gasteiger partial charge in [0.1, 0.15) is 0 Å². The first-order valence-corrected chi connectivity index (χ1v) is 7.20. The average Bonchev–Trinajstić information content (AvgIpc) is 2.46. The van der Waals surface area contributed by atoms with Gasteiger partial charge in [-0.05, 0) is 44.0 Å². The third kappa shape index (κ3) is 3.48. The summed E-state index contributed by atoms with van der Waals surface area (Å²) in [6.07, 6.45) is 2.07. The Balaban J connectivity index is 2.03. The number of benzene rings is 1. The normalized spacial score (nSPS) is 20.9. The van der Waals surface area contributed by atoms with Crippen molar-refractivity contribution in [2.75, 3.05) is 20.1 Å². The van der Waals surface area contributed by atoms with E-state index < -0.39 is 0 Å². The van der Waals surface area contributed by atoms with Crippen molar-refractivity contribution < 1.29 is 4.79 Å². The van der Waals surface area contributed by atoms with Gasteiger partial charge in [0.25, 0.3) is 0 Å². The minimum Gasteiger partial charge on any atom is -0.339 e. The largest absolute Gasteiger partial charge is 0.339 e. The number of hydrogen-bond acceptors (Lipinski definition) is 2. The van der Waals surface area contributed by atoms with Crippen LogP contribution in [-0.2, 0) is 4.79 Å². The Morgan fingerprint density at radius 2 is 2.11 bits per heavy atom. The molecule has 104 valence electrons. The molecule has 2 rings (SSSR count). The van der Waals surface area contributed by atoms with Gasteiger partial charge in [-0.15, -0.1) is 0 Å². The van der Waals surface area contributed by atoms with Crippen molar-refractivity contribution in [3.05, 3.63) is 34.9 Å². The van der Waals surface area contributed by atoms with Crippen molar-refractivity contribution in [1.82, 2.24) is 10.2 Å². The molecule has 3 nitrogen and oxygen atoms in total. The lowest BCUT2D eigenvalue weighted by Crippen LogP contribution is -2.42. The minimum atomic E-state index is 0.0756. The maximum atomic E-state index is 12.4. The van der Waals surface area contributed by atoms with Gasteiger partial charge in [0.05, 0.1) is 12.0 Å². The number of carbonyl (C=O) groups excluding carboxylic acids is 1. The van der Waals surface area contributed by atoms with Crippen molar-refractivity contribution in [2.24, 2.45) is 5.92 Å². The van der Waals surface area contributed by atoms with Crippen LogP contribution in [-0.4, -0.2) is 30.9 Å². The molecule has 0 bridgehead atoms. The topological polar surface area (TPSA) is 32.3 Å². The summed E-state index contributed by atoms with van der Waals surface area (Å²) in [5.41, 5.74) is 1.11. The highest BCUT2D eigenvalue weighted by molar-refractivity contribution is 6.30. The van der Waals surface area contributed by atoms with Gasteiger partial charge < -0.3 is 10.2 Å². The van der Waals surface area contributed by atoms with Crippen LogP contribution in [0, 0.1) is 5.92 Å². The molecule has 1 amide bonds. The summed E-state index contributed by atoms with van der Waals surface area (Å²) >= 11 is 5.89. The van der Waals surface area contributed by atoms with E-state index >= 15 is 0 Å². The Morgan fingerprint density at radius 3 is 2.68 bits per heavy atom. The van der Waals surface area contributed by atoms with E-state index in [1.165, 1.54) is 0 Å². The van der Waals surface area contributed by atoms with E-state index in [1.54, 1.807) is 0 Å². The van der Waals surface area contributed by atoms with Crippen molar-refractivity contribution in [1.29, 1.82) is 0 Å². The lowest BCUT2D eigenvalue weighted by atomic mass is 9.97.